The summed E-state index contributed by atoms with van der Waals surface area (Å²) in [6, 6.07) is 0. The molecule has 1 aromatic rings. The molecule has 0 N–H and O–H groups in total. The smallest absolute Gasteiger partial charge is 0.234 e. The SMILES string of the molecule is CCCCCCCCCCCCC[n+]1ccn(CCCCCC)c1CCCCCCCCCCCC. The summed E-state index contributed by atoms with van der Waals surface area (Å²) < 4.78 is 5.21. The molecule has 1 heterocycles. The van der Waals surface area contributed by atoms with Gasteiger partial charge in [-0.05, 0) is 32.1 Å². The molecular formula is C34H67N2+. The van der Waals surface area contributed by atoms with Crippen LogP contribution in [0.2, 0.25) is 0 Å². The van der Waals surface area contributed by atoms with Gasteiger partial charge in [0.25, 0.3) is 5.82 Å². The fourth-order valence-corrected chi connectivity index (χ4v) is 5.62. The second-order valence-electron chi connectivity index (χ2n) is 11.6. The fraction of sp³-hybridized carbons (Fsp3) is 0.912. The van der Waals surface area contributed by atoms with E-state index in [0.29, 0.717) is 0 Å². The normalized spacial score (nSPS) is 11.5. The molecule has 2 heteroatoms. The zero-order chi connectivity index (χ0) is 25.9. The first-order chi connectivity index (χ1) is 17.8. The first-order valence-electron chi connectivity index (χ1n) is 16.9. The van der Waals surface area contributed by atoms with E-state index in [2.05, 4.69) is 42.3 Å². The number of nitrogens with zero attached hydrogens (tertiary/aromatic N) is 2. The molecule has 0 saturated carbocycles. The van der Waals surface area contributed by atoms with Crippen LogP contribution >= 0.6 is 0 Å². The molecule has 0 aliphatic heterocycles. The predicted molar refractivity (Wildman–Crippen MR) is 161 cm³/mol. The number of aromatic nitrogens is 2. The summed E-state index contributed by atoms with van der Waals surface area (Å²) in [6.07, 6.45) is 41.5. The van der Waals surface area contributed by atoms with Gasteiger partial charge in [0, 0.05) is 6.42 Å². The van der Waals surface area contributed by atoms with Crippen molar-refractivity contribution in [2.45, 2.75) is 201 Å². The average molecular weight is 504 g/mol. The highest BCUT2D eigenvalue weighted by Crippen LogP contribution is 2.14. The van der Waals surface area contributed by atoms with Crippen LogP contribution in [0.25, 0.3) is 0 Å². The first-order valence-corrected chi connectivity index (χ1v) is 16.9. The van der Waals surface area contributed by atoms with Gasteiger partial charge in [-0.25, -0.2) is 9.13 Å². The Morgan fingerprint density at radius 3 is 1.33 bits per heavy atom. The molecule has 0 radical (unpaired) electrons. The van der Waals surface area contributed by atoms with E-state index in [9.17, 15) is 0 Å². The van der Waals surface area contributed by atoms with Crippen LogP contribution in [0.15, 0.2) is 12.4 Å². The van der Waals surface area contributed by atoms with Crippen LogP contribution in [0.5, 0.6) is 0 Å². The van der Waals surface area contributed by atoms with Crippen LogP contribution in [0.1, 0.15) is 187 Å². The summed E-state index contributed by atoms with van der Waals surface area (Å²) >= 11 is 0. The van der Waals surface area contributed by atoms with Crippen molar-refractivity contribution in [3.8, 4) is 0 Å². The highest BCUT2D eigenvalue weighted by Gasteiger charge is 2.16. The molecule has 36 heavy (non-hydrogen) atoms. The maximum Gasteiger partial charge on any atom is 0.256 e. The standard InChI is InChI=1S/C34H67N2/c1-4-7-10-13-15-17-19-21-23-25-28-31-36-33-32-35(30-27-12-9-6-3)34(36)29-26-24-22-20-18-16-14-11-8-5-2/h32-33H,4-31H2,1-3H3/q+1. The molecule has 0 spiro atoms. The molecule has 212 valence electrons. The summed E-state index contributed by atoms with van der Waals surface area (Å²) in [5, 5.41) is 0. The van der Waals surface area contributed by atoms with Gasteiger partial charge >= 0.3 is 0 Å². The Hall–Kier alpha value is -0.790. The minimum atomic E-state index is 1.22. The maximum atomic E-state index is 2.61. The van der Waals surface area contributed by atoms with Crippen molar-refractivity contribution in [3.05, 3.63) is 18.2 Å². The zero-order valence-corrected chi connectivity index (χ0v) is 25.3. The van der Waals surface area contributed by atoms with Gasteiger partial charge < -0.3 is 0 Å². The third-order valence-corrected chi connectivity index (χ3v) is 8.10. The zero-order valence-electron chi connectivity index (χ0n) is 25.3. The largest absolute Gasteiger partial charge is 0.256 e. The van der Waals surface area contributed by atoms with Gasteiger partial charge in [-0.15, -0.1) is 0 Å². The van der Waals surface area contributed by atoms with Crippen molar-refractivity contribution in [3.63, 3.8) is 0 Å². The number of imidazole rings is 1. The van der Waals surface area contributed by atoms with Crippen LogP contribution in [-0.4, -0.2) is 4.57 Å². The Balaban J connectivity index is 2.27. The molecule has 0 aliphatic rings. The number of rotatable bonds is 28. The lowest BCUT2D eigenvalue weighted by atomic mass is 10.1. The van der Waals surface area contributed by atoms with E-state index in [1.54, 1.807) is 5.82 Å². The highest BCUT2D eigenvalue weighted by molar-refractivity contribution is 4.84. The van der Waals surface area contributed by atoms with Crippen molar-refractivity contribution in [2.75, 3.05) is 0 Å². The quantitative estimate of drug-likeness (QED) is 0.0794. The Bertz CT molecular complexity index is 562. The van der Waals surface area contributed by atoms with Crippen molar-refractivity contribution in [1.82, 2.24) is 4.57 Å². The molecule has 0 unspecified atom stereocenters. The van der Waals surface area contributed by atoms with Gasteiger partial charge in [-0.3, -0.25) is 0 Å². The summed E-state index contributed by atoms with van der Waals surface area (Å²) in [4.78, 5) is 0. The summed E-state index contributed by atoms with van der Waals surface area (Å²) in [6.45, 7) is 9.38. The highest BCUT2D eigenvalue weighted by atomic mass is 15.1. The minimum Gasteiger partial charge on any atom is -0.234 e. The number of hydrogen-bond acceptors (Lipinski definition) is 0. The molecule has 0 amide bonds. The Morgan fingerprint density at radius 1 is 0.472 bits per heavy atom. The van der Waals surface area contributed by atoms with Gasteiger partial charge in [0.2, 0.25) is 0 Å². The Kier molecular flexibility index (Phi) is 23.9. The molecular weight excluding hydrogens is 436 g/mol. The maximum absolute atomic E-state index is 2.61. The van der Waals surface area contributed by atoms with E-state index in [1.807, 2.05) is 0 Å². The Labute approximate surface area is 228 Å². The monoisotopic (exact) mass is 504 g/mol. The van der Waals surface area contributed by atoms with Gasteiger partial charge in [0.15, 0.2) is 0 Å². The average Bonchev–Trinajstić information content (AvgIpc) is 3.27. The Morgan fingerprint density at radius 2 is 0.861 bits per heavy atom. The van der Waals surface area contributed by atoms with E-state index < -0.39 is 0 Å². The lowest BCUT2D eigenvalue weighted by molar-refractivity contribution is -0.704. The van der Waals surface area contributed by atoms with Crippen molar-refractivity contribution < 1.29 is 4.57 Å². The summed E-state index contributed by atoms with van der Waals surface area (Å²) in [5.41, 5.74) is 0. The van der Waals surface area contributed by atoms with E-state index in [-0.39, 0.29) is 0 Å². The first kappa shape index (κ1) is 33.2. The lowest BCUT2D eigenvalue weighted by Gasteiger charge is -2.07. The van der Waals surface area contributed by atoms with E-state index >= 15 is 0 Å². The van der Waals surface area contributed by atoms with Crippen LogP contribution in [0, 0.1) is 0 Å². The van der Waals surface area contributed by atoms with Crippen LogP contribution in [0.4, 0.5) is 0 Å². The number of hydrogen-bond donors (Lipinski definition) is 0. The third-order valence-electron chi connectivity index (χ3n) is 8.10. The summed E-state index contributed by atoms with van der Waals surface area (Å²) in [5.74, 6) is 1.61. The van der Waals surface area contributed by atoms with Gasteiger partial charge in [-0.2, -0.15) is 0 Å². The third kappa shape index (κ3) is 18.5. The second kappa shape index (κ2) is 25.8. The number of aryl methyl sites for hydroxylation is 2. The van der Waals surface area contributed by atoms with Gasteiger partial charge in [0.1, 0.15) is 12.4 Å². The molecule has 2 nitrogen and oxygen atoms in total. The molecule has 1 aromatic heterocycles. The van der Waals surface area contributed by atoms with Gasteiger partial charge in [-0.1, -0.05) is 149 Å². The van der Waals surface area contributed by atoms with E-state index in [1.165, 1.54) is 180 Å². The van der Waals surface area contributed by atoms with E-state index in [0.717, 1.165) is 0 Å². The minimum absolute atomic E-state index is 1.22. The molecule has 0 fully saturated rings. The fourth-order valence-electron chi connectivity index (χ4n) is 5.62. The molecule has 0 bridgehead atoms. The molecule has 0 saturated heterocycles. The molecule has 0 aliphatic carbocycles. The molecule has 0 aromatic carbocycles. The van der Waals surface area contributed by atoms with Crippen molar-refractivity contribution in [2.24, 2.45) is 0 Å². The van der Waals surface area contributed by atoms with Crippen molar-refractivity contribution >= 4 is 0 Å². The second-order valence-corrected chi connectivity index (χ2v) is 11.6. The number of unbranched alkanes of at least 4 members (excludes halogenated alkanes) is 22. The molecule has 0 atom stereocenters. The molecule has 1 rings (SSSR count). The van der Waals surface area contributed by atoms with E-state index in [4.69, 9.17) is 0 Å². The van der Waals surface area contributed by atoms with Crippen LogP contribution in [-0.2, 0) is 19.5 Å². The predicted octanol–water partition coefficient (Wildman–Crippen LogP) is 11.1. The van der Waals surface area contributed by atoms with Crippen LogP contribution in [0.3, 0.4) is 0 Å². The topological polar surface area (TPSA) is 8.81 Å². The van der Waals surface area contributed by atoms with Crippen molar-refractivity contribution in [1.29, 1.82) is 0 Å². The summed E-state index contributed by atoms with van der Waals surface area (Å²) in [7, 11) is 0. The van der Waals surface area contributed by atoms with Crippen LogP contribution < -0.4 is 4.57 Å². The van der Waals surface area contributed by atoms with Gasteiger partial charge in [0.05, 0.1) is 13.1 Å². The lowest BCUT2D eigenvalue weighted by Crippen LogP contribution is -2.37.